The molecule has 0 aromatic heterocycles. The lowest BCUT2D eigenvalue weighted by atomic mass is 10.0. The van der Waals surface area contributed by atoms with E-state index in [1.807, 2.05) is 6.92 Å². The third-order valence-corrected chi connectivity index (χ3v) is 4.22. The van der Waals surface area contributed by atoms with Gasteiger partial charge in [-0.15, -0.1) is 0 Å². The van der Waals surface area contributed by atoms with E-state index >= 15 is 0 Å². The van der Waals surface area contributed by atoms with Crippen molar-refractivity contribution in [2.75, 3.05) is 0 Å². The zero-order valence-corrected chi connectivity index (χ0v) is 13.5. The molecule has 1 aliphatic carbocycles. The molecule has 0 aliphatic heterocycles. The van der Waals surface area contributed by atoms with Crippen molar-refractivity contribution in [2.45, 2.75) is 77.8 Å². The molecule has 3 N–H and O–H groups in total. The molecular formula is C16H30N2O3. The highest BCUT2D eigenvalue weighted by atomic mass is 16.4. The number of carboxylic acids is 1. The molecule has 1 saturated carbocycles. The van der Waals surface area contributed by atoms with E-state index in [2.05, 4.69) is 17.6 Å². The number of hydrogen-bond acceptors (Lipinski definition) is 2. The molecule has 0 bridgehead atoms. The van der Waals surface area contributed by atoms with Crippen LogP contribution >= 0.6 is 0 Å². The number of urea groups is 1. The van der Waals surface area contributed by atoms with Gasteiger partial charge in [0.2, 0.25) is 0 Å². The molecule has 1 rings (SSSR count). The number of amides is 2. The summed E-state index contributed by atoms with van der Waals surface area (Å²) in [5.41, 5.74) is 0. The fraction of sp³-hybridized carbons (Fsp3) is 0.875. The summed E-state index contributed by atoms with van der Waals surface area (Å²) in [5.74, 6) is -0.251. The number of carboxylic acid groups (broad SMARTS) is 1. The van der Waals surface area contributed by atoms with Crippen LogP contribution in [0, 0.1) is 11.8 Å². The Morgan fingerprint density at radius 1 is 1.19 bits per heavy atom. The Hall–Kier alpha value is -1.26. The van der Waals surface area contributed by atoms with E-state index < -0.39 is 5.97 Å². The first kappa shape index (κ1) is 17.8. The van der Waals surface area contributed by atoms with Gasteiger partial charge in [-0.25, -0.2) is 4.79 Å². The Kier molecular flexibility index (Phi) is 7.54. The van der Waals surface area contributed by atoms with Crippen molar-refractivity contribution in [2.24, 2.45) is 11.8 Å². The van der Waals surface area contributed by atoms with E-state index in [9.17, 15) is 9.59 Å². The molecule has 1 fully saturated rings. The summed E-state index contributed by atoms with van der Waals surface area (Å²) in [7, 11) is 0. The average molecular weight is 298 g/mol. The van der Waals surface area contributed by atoms with Crippen LogP contribution in [0.5, 0.6) is 0 Å². The van der Waals surface area contributed by atoms with Crippen molar-refractivity contribution in [3.05, 3.63) is 0 Å². The quantitative estimate of drug-likeness (QED) is 0.580. The summed E-state index contributed by atoms with van der Waals surface area (Å²) >= 11 is 0. The zero-order valence-electron chi connectivity index (χ0n) is 13.5. The fourth-order valence-corrected chi connectivity index (χ4v) is 2.46. The van der Waals surface area contributed by atoms with Gasteiger partial charge in [-0.05, 0) is 38.5 Å². The zero-order chi connectivity index (χ0) is 15.8. The second-order valence-electron chi connectivity index (χ2n) is 6.47. The molecule has 0 aromatic rings. The largest absolute Gasteiger partial charge is 0.481 e. The molecule has 0 radical (unpaired) electrons. The Labute approximate surface area is 127 Å². The van der Waals surface area contributed by atoms with Crippen LogP contribution in [0.4, 0.5) is 4.79 Å². The molecule has 5 nitrogen and oxygen atoms in total. The van der Waals surface area contributed by atoms with E-state index in [-0.39, 0.29) is 24.0 Å². The predicted octanol–water partition coefficient (Wildman–Crippen LogP) is 3.14. The number of aliphatic carboxylic acids is 1. The lowest BCUT2D eigenvalue weighted by Crippen LogP contribution is -2.45. The van der Waals surface area contributed by atoms with Crippen LogP contribution in [0.25, 0.3) is 0 Å². The van der Waals surface area contributed by atoms with Gasteiger partial charge in [-0.1, -0.05) is 33.1 Å². The molecule has 3 unspecified atom stereocenters. The van der Waals surface area contributed by atoms with Crippen LogP contribution in [-0.4, -0.2) is 29.2 Å². The maximum Gasteiger partial charge on any atom is 0.315 e. The van der Waals surface area contributed by atoms with Crippen molar-refractivity contribution in [1.29, 1.82) is 0 Å². The second-order valence-corrected chi connectivity index (χ2v) is 6.47. The van der Waals surface area contributed by atoms with Gasteiger partial charge in [0, 0.05) is 12.1 Å². The summed E-state index contributed by atoms with van der Waals surface area (Å²) < 4.78 is 0. The van der Waals surface area contributed by atoms with Crippen LogP contribution in [0.1, 0.15) is 65.7 Å². The molecule has 0 spiro atoms. The van der Waals surface area contributed by atoms with E-state index in [4.69, 9.17) is 5.11 Å². The van der Waals surface area contributed by atoms with Crippen LogP contribution in [-0.2, 0) is 4.79 Å². The maximum atomic E-state index is 11.9. The standard InChI is InChI=1S/C16H30N2O3/c1-4-14(10-13-8-9-13)18-16(21)17-12(3)7-5-6-11(2)15(19)20/h11-14H,4-10H2,1-3H3,(H,19,20)(H2,17,18,21). The fourth-order valence-electron chi connectivity index (χ4n) is 2.46. The predicted molar refractivity (Wildman–Crippen MR) is 83.2 cm³/mol. The molecule has 122 valence electrons. The van der Waals surface area contributed by atoms with Crippen molar-refractivity contribution in [3.8, 4) is 0 Å². The highest BCUT2D eigenvalue weighted by Crippen LogP contribution is 2.33. The topological polar surface area (TPSA) is 78.4 Å². The molecule has 0 aromatic carbocycles. The minimum atomic E-state index is -0.751. The minimum Gasteiger partial charge on any atom is -0.481 e. The first-order valence-electron chi connectivity index (χ1n) is 8.22. The number of rotatable bonds is 10. The Balaban J connectivity index is 2.15. The summed E-state index contributed by atoms with van der Waals surface area (Å²) in [5, 5.41) is 14.8. The normalized spacial score (nSPS) is 18.6. The molecule has 3 atom stereocenters. The molecule has 0 saturated heterocycles. The number of hydrogen-bond donors (Lipinski definition) is 3. The van der Waals surface area contributed by atoms with Gasteiger partial charge >= 0.3 is 12.0 Å². The van der Waals surface area contributed by atoms with Crippen LogP contribution in [0.2, 0.25) is 0 Å². The third-order valence-electron chi connectivity index (χ3n) is 4.22. The van der Waals surface area contributed by atoms with Gasteiger partial charge in [0.1, 0.15) is 0 Å². The van der Waals surface area contributed by atoms with Crippen LogP contribution in [0.15, 0.2) is 0 Å². The van der Waals surface area contributed by atoms with E-state index in [1.165, 1.54) is 12.8 Å². The summed E-state index contributed by atoms with van der Waals surface area (Å²) in [6, 6.07) is 0.252. The van der Waals surface area contributed by atoms with Gasteiger partial charge in [-0.3, -0.25) is 4.79 Å². The Bertz CT molecular complexity index is 342. The highest BCUT2D eigenvalue weighted by molar-refractivity contribution is 5.74. The number of carbonyl (C=O) groups excluding carboxylic acids is 1. The van der Waals surface area contributed by atoms with Crippen molar-refractivity contribution in [3.63, 3.8) is 0 Å². The number of nitrogens with one attached hydrogen (secondary N) is 2. The maximum absolute atomic E-state index is 11.9. The van der Waals surface area contributed by atoms with E-state index in [0.717, 1.165) is 31.6 Å². The SMILES string of the molecule is CCC(CC1CC1)NC(=O)NC(C)CCCC(C)C(=O)O. The van der Waals surface area contributed by atoms with Gasteiger partial charge in [0.25, 0.3) is 0 Å². The van der Waals surface area contributed by atoms with E-state index in [1.54, 1.807) is 6.92 Å². The van der Waals surface area contributed by atoms with Crippen LogP contribution in [0.3, 0.4) is 0 Å². The molecule has 2 amide bonds. The van der Waals surface area contributed by atoms with Crippen LogP contribution < -0.4 is 10.6 Å². The molecule has 5 heteroatoms. The van der Waals surface area contributed by atoms with Gasteiger partial charge in [0.15, 0.2) is 0 Å². The van der Waals surface area contributed by atoms with Crippen molar-refractivity contribution >= 4 is 12.0 Å². The van der Waals surface area contributed by atoms with E-state index in [0.29, 0.717) is 6.42 Å². The summed E-state index contributed by atoms with van der Waals surface area (Å²) in [4.78, 5) is 22.6. The first-order valence-corrected chi connectivity index (χ1v) is 8.22. The first-order chi connectivity index (χ1) is 9.92. The smallest absolute Gasteiger partial charge is 0.315 e. The molecular weight excluding hydrogens is 268 g/mol. The lowest BCUT2D eigenvalue weighted by molar-refractivity contribution is -0.141. The second kappa shape index (κ2) is 8.90. The molecule has 1 aliphatic rings. The monoisotopic (exact) mass is 298 g/mol. The minimum absolute atomic E-state index is 0.0735. The van der Waals surface area contributed by atoms with Crippen molar-refractivity contribution < 1.29 is 14.7 Å². The summed E-state index contributed by atoms with van der Waals surface area (Å²) in [6.45, 7) is 5.79. The van der Waals surface area contributed by atoms with Gasteiger partial charge in [0.05, 0.1) is 5.92 Å². The number of carbonyl (C=O) groups is 2. The van der Waals surface area contributed by atoms with Gasteiger partial charge in [-0.2, -0.15) is 0 Å². The molecule has 0 heterocycles. The third kappa shape index (κ3) is 7.93. The lowest BCUT2D eigenvalue weighted by Gasteiger charge is -2.20. The highest BCUT2D eigenvalue weighted by Gasteiger charge is 2.25. The average Bonchev–Trinajstić information content (AvgIpc) is 3.21. The summed E-state index contributed by atoms with van der Waals surface area (Å²) in [6.07, 6.45) is 6.94. The molecule has 21 heavy (non-hydrogen) atoms. The van der Waals surface area contributed by atoms with Crippen molar-refractivity contribution in [1.82, 2.24) is 10.6 Å². The van der Waals surface area contributed by atoms with Gasteiger partial charge < -0.3 is 15.7 Å². The Morgan fingerprint density at radius 2 is 1.86 bits per heavy atom. The Morgan fingerprint density at radius 3 is 2.38 bits per heavy atom.